The smallest absolute Gasteiger partial charge is 0.187 e. The first-order valence-electron chi connectivity index (χ1n) is 3.70. The summed E-state index contributed by atoms with van der Waals surface area (Å²) in [6, 6.07) is 0. The van der Waals surface area contributed by atoms with Crippen molar-refractivity contribution in [3.63, 3.8) is 0 Å². The largest absolute Gasteiger partial charge is 0.391 e. The Hall–Kier alpha value is -0.120. The van der Waals surface area contributed by atoms with Crippen LogP contribution in [-0.2, 0) is 0 Å². The van der Waals surface area contributed by atoms with Gasteiger partial charge in [0.05, 0.1) is 20.2 Å². The predicted octanol–water partition coefficient (Wildman–Crippen LogP) is -0.216. The van der Waals surface area contributed by atoms with E-state index in [1.54, 1.807) is 6.92 Å². The molecule has 0 rings (SSSR count). The van der Waals surface area contributed by atoms with E-state index in [9.17, 15) is 5.11 Å². The summed E-state index contributed by atoms with van der Waals surface area (Å²) < 4.78 is 0.524. The van der Waals surface area contributed by atoms with Crippen molar-refractivity contribution >= 4 is 0 Å². The van der Waals surface area contributed by atoms with E-state index in [0.29, 0.717) is 11.0 Å². The molecule has 62 valence electrons. The minimum absolute atomic E-state index is 0.134. The molecule has 0 fully saturated rings. The third-order valence-electron chi connectivity index (χ3n) is 2.24. The van der Waals surface area contributed by atoms with E-state index in [1.807, 2.05) is 14.0 Å². The maximum Gasteiger partial charge on any atom is 0.187 e. The van der Waals surface area contributed by atoms with Crippen LogP contribution in [0.3, 0.4) is 0 Å². The van der Waals surface area contributed by atoms with Crippen LogP contribution in [0.1, 0.15) is 13.8 Å². The normalized spacial score (nSPS) is 20.1. The van der Waals surface area contributed by atoms with Crippen LogP contribution in [-0.4, -0.2) is 47.7 Å². The van der Waals surface area contributed by atoms with Crippen LogP contribution in [0.15, 0.2) is 0 Å². The second-order valence-electron chi connectivity index (χ2n) is 2.87. The Morgan fingerprint density at radius 1 is 1.50 bits per heavy atom. The van der Waals surface area contributed by atoms with Gasteiger partial charge in [-0.25, -0.2) is 0 Å². The zero-order valence-electron chi connectivity index (χ0n) is 7.04. The SMILES string of the molecule is CC[N+](C)(CCO)C(C)O. The summed E-state index contributed by atoms with van der Waals surface area (Å²) in [5.41, 5.74) is 0. The molecule has 0 saturated heterocycles. The Bertz CT molecular complexity index is 95.6. The molecule has 0 aromatic heterocycles. The van der Waals surface area contributed by atoms with Gasteiger partial charge in [-0.15, -0.1) is 0 Å². The molecular weight excluding hydrogens is 130 g/mol. The summed E-state index contributed by atoms with van der Waals surface area (Å²) in [5, 5.41) is 17.9. The zero-order chi connectivity index (χ0) is 8.20. The quantitative estimate of drug-likeness (QED) is 0.427. The van der Waals surface area contributed by atoms with Crippen molar-refractivity contribution in [3.8, 4) is 0 Å². The molecule has 0 radical (unpaired) electrons. The molecule has 0 aliphatic carbocycles. The lowest BCUT2D eigenvalue weighted by Gasteiger charge is -2.35. The van der Waals surface area contributed by atoms with Crippen molar-refractivity contribution in [2.24, 2.45) is 0 Å². The molecule has 2 atom stereocenters. The standard InChI is InChI=1S/C7H18NO2/c1-4-8(3,5-6-9)7(2)10/h7,9-10H,4-6H2,1-3H3/q+1. The molecule has 0 heterocycles. The van der Waals surface area contributed by atoms with Crippen LogP contribution in [0, 0.1) is 0 Å². The van der Waals surface area contributed by atoms with E-state index < -0.39 is 6.23 Å². The lowest BCUT2D eigenvalue weighted by molar-refractivity contribution is -0.950. The number of hydrogen-bond donors (Lipinski definition) is 2. The number of quaternary nitrogens is 1. The molecule has 0 aliphatic heterocycles. The Morgan fingerprint density at radius 3 is 2.10 bits per heavy atom. The fourth-order valence-electron chi connectivity index (χ4n) is 0.838. The fraction of sp³-hybridized carbons (Fsp3) is 1.00. The number of likely N-dealkylation sites (N-methyl/N-ethyl adjacent to an activating group) is 1. The van der Waals surface area contributed by atoms with Gasteiger partial charge in [0.15, 0.2) is 6.23 Å². The first-order valence-corrected chi connectivity index (χ1v) is 3.70. The van der Waals surface area contributed by atoms with Gasteiger partial charge in [0.1, 0.15) is 6.54 Å². The average molecular weight is 148 g/mol. The molecule has 0 aromatic rings. The molecule has 0 aromatic carbocycles. The summed E-state index contributed by atoms with van der Waals surface area (Å²) >= 11 is 0. The van der Waals surface area contributed by atoms with Gasteiger partial charge in [0.2, 0.25) is 0 Å². The first-order chi connectivity index (χ1) is 4.56. The number of aliphatic hydroxyl groups excluding tert-OH is 2. The first kappa shape index (κ1) is 9.88. The van der Waals surface area contributed by atoms with Crippen molar-refractivity contribution in [3.05, 3.63) is 0 Å². The highest BCUT2D eigenvalue weighted by molar-refractivity contribution is 4.35. The van der Waals surface area contributed by atoms with Gasteiger partial charge in [-0.3, -0.25) is 4.48 Å². The molecule has 0 aliphatic rings. The fourth-order valence-corrected chi connectivity index (χ4v) is 0.838. The molecule has 0 bridgehead atoms. The Kier molecular flexibility index (Phi) is 3.86. The van der Waals surface area contributed by atoms with E-state index in [2.05, 4.69) is 0 Å². The third kappa shape index (κ3) is 2.25. The molecular formula is C7H18NO2+. The molecule has 2 unspecified atom stereocenters. The predicted molar refractivity (Wildman–Crippen MR) is 40.4 cm³/mol. The lowest BCUT2D eigenvalue weighted by Crippen LogP contribution is -2.52. The Balaban J connectivity index is 3.94. The second kappa shape index (κ2) is 3.91. The van der Waals surface area contributed by atoms with E-state index in [-0.39, 0.29) is 6.61 Å². The van der Waals surface area contributed by atoms with Crippen molar-refractivity contribution < 1.29 is 14.7 Å². The van der Waals surface area contributed by atoms with Crippen molar-refractivity contribution in [2.75, 3.05) is 26.7 Å². The molecule has 2 N–H and O–H groups in total. The zero-order valence-corrected chi connectivity index (χ0v) is 7.04. The highest BCUT2D eigenvalue weighted by Gasteiger charge is 2.23. The molecule has 3 nitrogen and oxygen atoms in total. The van der Waals surface area contributed by atoms with Gasteiger partial charge in [-0.2, -0.15) is 0 Å². The molecule has 3 heteroatoms. The lowest BCUT2D eigenvalue weighted by atomic mass is 10.3. The Morgan fingerprint density at radius 2 is 2.00 bits per heavy atom. The van der Waals surface area contributed by atoms with E-state index in [1.165, 1.54) is 0 Å². The van der Waals surface area contributed by atoms with E-state index in [0.717, 1.165) is 6.54 Å². The van der Waals surface area contributed by atoms with Gasteiger partial charge in [-0.1, -0.05) is 0 Å². The highest BCUT2D eigenvalue weighted by Crippen LogP contribution is 2.05. The van der Waals surface area contributed by atoms with Gasteiger partial charge >= 0.3 is 0 Å². The van der Waals surface area contributed by atoms with Crippen molar-refractivity contribution in [1.29, 1.82) is 0 Å². The van der Waals surface area contributed by atoms with Gasteiger partial charge < -0.3 is 10.2 Å². The summed E-state index contributed by atoms with van der Waals surface area (Å²) in [4.78, 5) is 0. The van der Waals surface area contributed by atoms with Gasteiger partial charge in [-0.05, 0) is 6.92 Å². The summed E-state index contributed by atoms with van der Waals surface area (Å²) in [5.74, 6) is 0. The Labute approximate surface area is 62.5 Å². The minimum Gasteiger partial charge on any atom is -0.391 e. The van der Waals surface area contributed by atoms with Crippen molar-refractivity contribution in [1.82, 2.24) is 0 Å². The van der Waals surface area contributed by atoms with Crippen LogP contribution in [0.5, 0.6) is 0 Å². The summed E-state index contributed by atoms with van der Waals surface area (Å²) in [7, 11) is 1.93. The van der Waals surface area contributed by atoms with Crippen molar-refractivity contribution in [2.45, 2.75) is 20.1 Å². The molecule has 0 amide bonds. The van der Waals surface area contributed by atoms with E-state index >= 15 is 0 Å². The van der Waals surface area contributed by atoms with Crippen LogP contribution in [0.4, 0.5) is 0 Å². The highest BCUT2D eigenvalue weighted by atomic mass is 16.3. The van der Waals surface area contributed by atoms with Gasteiger partial charge in [0.25, 0.3) is 0 Å². The van der Waals surface area contributed by atoms with Gasteiger partial charge in [0, 0.05) is 6.92 Å². The summed E-state index contributed by atoms with van der Waals surface area (Å²) in [6.45, 7) is 5.35. The maximum atomic E-state index is 9.26. The number of hydrogen-bond acceptors (Lipinski definition) is 2. The molecule has 0 saturated carbocycles. The third-order valence-corrected chi connectivity index (χ3v) is 2.24. The molecule has 0 spiro atoms. The van der Waals surface area contributed by atoms with E-state index in [4.69, 9.17) is 5.11 Å². The van der Waals surface area contributed by atoms with Crippen LogP contribution in [0.25, 0.3) is 0 Å². The van der Waals surface area contributed by atoms with Crippen LogP contribution in [0.2, 0.25) is 0 Å². The minimum atomic E-state index is -0.392. The number of nitrogens with zero attached hydrogens (tertiary/aromatic N) is 1. The second-order valence-corrected chi connectivity index (χ2v) is 2.87. The van der Waals surface area contributed by atoms with Crippen LogP contribution < -0.4 is 0 Å². The molecule has 10 heavy (non-hydrogen) atoms. The monoisotopic (exact) mass is 148 g/mol. The number of aliphatic hydroxyl groups is 2. The topological polar surface area (TPSA) is 40.5 Å². The average Bonchev–Trinajstić information content (AvgIpc) is 1.88. The summed E-state index contributed by atoms with van der Waals surface area (Å²) in [6.07, 6.45) is -0.392. The maximum absolute atomic E-state index is 9.26. The van der Waals surface area contributed by atoms with Crippen LogP contribution >= 0.6 is 0 Å². The number of rotatable bonds is 4.